The summed E-state index contributed by atoms with van der Waals surface area (Å²) in [6.45, 7) is 7.44. The fourth-order valence-corrected chi connectivity index (χ4v) is 6.65. The van der Waals surface area contributed by atoms with Crippen LogP contribution in [-0.2, 0) is 22.5 Å². The number of ether oxygens (including phenoxy) is 2. The number of benzene rings is 1. The molecular weight excluding hydrogens is 506 g/mol. The van der Waals surface area contributed by atoms with Crippen LogP contribution in [-0.4, -0.2) is 72.0 Å². The van der Waals surface area contributed by atoms with E-state index in [0.29, 0.717) is 30.6 Å². The highest BCUT2D eigenvalue weighted by molar-refractivity contribution is 5.95. The number of rotatable bonds is 6. The number of carbonyl (C=O) groups excluding carboxylic acids is 2. The van der Waals surface area contributed by atoms with E-state index in [4.69, 9.17) is 9.47 Å². The lowest BCUT2D eigenvalue weighted by molar-refractivity contribution is -0.116. The summed E-state index contributed by atoms with van der Waals surface area (Å²) in [7, 11) is 2.16. The van der Waals surface area contributed by atoms with E-state index in [1.165, 1.54) is 5.56 Å². The van der Waals surface area contributed by atoms with Crippen molar-refractivity contribution in [2.45, 2.75) is 44.9 Å². The molecule has 2 N–H and O–H groups in total. The molecule has 40 heavy (non-hydrogen) atoms. The van der Waals surface area contributed by atoms with Crippen molar-refractivity contribution in [2.24, 2.45) is 11.3 Å². The second-order valence-electron chi connectivity index (χ2n) is 11.9. The van der Waals surface area contributed by atoms with Crippen molar-refractivity contribution in [1.82, 2.24) is 20.1 Å². The molecule has 7 rings (SSSR count). The van der Waals surface area contributed by atoms with Crippen molar-refractivity contribution in [3.05, 3.63) is 76.9 Å². The molecule has 4 heterocycles. The molecule has 1 aromatic carbocycles. The zero-order chi connectivity index (χ0) is 27.4. The summed E-state index contributed by atoms with van der Waals surface area (Å²) in [4.78, 5) is 34.0. The molecule has 9 heteroatoms. The minimum atomic E-state index is -0.250. The molecule has 2 saturated heterocycles. The SMILES string of the molecule is CN1CCN(Cc2ccc(C(=O)NC3C4OC5=CC=C(Oc6ccnc7c6CCC(=O)N7)CC5(C)C34)cc2)CC1. The summed E-state index contributed by atoms with van der Waals surface area (Å²) in [5, 5.41) is 6.06. The first-order chi connectivity index (χ1) is 19.4. The van der Waals surface area contributed by atoms with Gasteiger partial charge in [0, 0.05) is 74.2 Å². The Morgan fingerprint density at radius 2 is 1.95 bits per heavy atom. The van der Waals surface area contributed by atoms with E-state index >= 15 is 0 Å². The zero-order valence-electron chi connectivity index (χ0n) is 23.0. The Labute approximate surface area is 234 Å². The fourth-order valence-electron chi connectivity index (χ4n) is 6.65. The fraction of sp³-hybridized carbons (Fsp3) is 0.452. The lowest BCUT2D eigenvalue weighted by Crippen LogP contribution is -2.43. The highest BCUT2D eigenvalue weighted by Crippen LogP contribution is 2.63. The van der Waals surface area contributed by atoms with Gasteiger partial charge in [0.2, 0.25) is 5.91 Å². The topological polar surface area (TPSA) is 96.0 Å². The number of allylic oxidation sites excluding steroid dienone is 4. The van der Waals surface area contributed by atoms with Crippen LogP contribution in [0.25, 0.3) is 0 Å². The molecule has 1 saturated carbocycles. The number of aromatic nitrogens is 1. The van der Waals surface area contributed by atoms with E-state index in [1.54, 1.807) is 6.20 Å². The Kier molecular flexibility index (Phi) is 6.16. The molecule has 2 amide bonds. The summed E-state index contributed by atoms with van der Waals surface area (Å²) >= 11 is 0. The van der Waals surface area contributed by atoms with Crippen LogP contribution in [0.4, 0.5) is 5.82 Å². The van der Waals surface area contributed by atoms with Crippen molar-refractivity contribution in [3.63, 3.8) is 0 Å². The van der Waals surface area contributed by atoms with Gasteiger partial charge in [-0.15, -0.1) is 0 Å². The number of hydrogen-bond donors (Lipinski definition) is 2. The van der Waals surface area contributed by atoms with Gasteiger partial charge in [-0.3, -0.25) is 14.5 Å². The second kappa shape index (κ2) is 9.74. The molecule has 1 aromatic heterocycles. The van der Waals surface area contributed by atoms with Crippen molar-refractivity contribution in [2.75, 3.05) is 38.5 Å². The summed E-state index contributed by atoms with van der Waals surface area (Å²) in [6, 6.07) is 9.82. The first kappa shape index (κ1) is 25.3. The summed E-state index contributed by atoms with van der Waals surface area (Å²) in [6.07, 6.45) is 7.31. The number of piperazine rings is 1. The first-order valence-electron chi connectivity index (χ1n) is 14.2. The van der Waals surface area contributed by atoms with Crippen molar-refractivity contribution in [1.29, 1.82) is 0 Å². The molecule has 3 fully saturated rings. The van der Waals surface area contributed by atoms with E-state index in [1.807, 2.05) is 30.4 Å². The normalized spacial score (nSPS) is 29.1. The van der Waals surface area contributed by atoms with Gasteiger partial charge in [-0.1, -0.05) is 19.1 Å². The summed E-state index contributed by atoms with van der Waals surface area (Å²) < 4.78 is 12.6. The Morgan fingerprint density at radius 3 is 2.75 bits per heavy atom. The number of likely N-dealkylation sites (N-methyl/N-ethyl adjacent to an activating group) is 1. The maximum absolute atomic E-state index is 13.1. The van der Waals surface area contributed by atoms with Crippen LogP contribution in [0, 0.1) is 11.3 Å². The minimum Gasteiger partial charge on any atom is -0.492 e. The number of carbonyl (C=O) groups is 2. The number of nitrogens with one attached hydrogen (secondary N) is 2. The van der Waals surface area contributed by atoms with Gasteiger partial charge >= 0.3 is 0 Å². The summed E-state index contributed by atoms with van der Waals surface area (Å²) in [5.41, 5.74) is 2.58. The van der Waals surface area contributed by atoms with Crippen LogP contribution in [0.2, 0.25) is 0 Å². The average molecular weight is 542 g/mol. The molecule has 0 bridgehead atoms. The highest BCUT2D eigenvalue weighted by atomic mass is 16.5. The molecule has 9 nitrogen and oxygen atoms in total. The molecule has 3 aliphatic heterocycles. The third-order valence-corrected chi connectivity index (χ3v) is 9.11. The highest BCUT2D eigenvalue weighted by Gasteiger charge is 2.69. The second-order valence-corrected chi connectivity index (χ2v) is 11.9. The first-order valence-corrected chi connectivity index (χ1v) is 14.2. The molecule has 0 radical (unpaired) electrons. The standard InChI is InChI=1S/C31H35N5O4/c1-31-17-21(39-23-11-12-32-29-22(23)8-10-25(37)33-29)7-9-24(31)40-28-26(31)27(28)34-30(38)20-5-3-19(4-6-20)18-36-15-13-35(2)14-16-36/h3-7,9,11-12,26-28H,8,10,13-18H2,1-2H3,(H,34,38)(H,32,33,37). The van der Waals surface area contributed by atoms with Crippen LogP contribution in [0.3, 0.4) is 0 Å². The monoisotopic (exact) mass is 541 g/mol. The van der Waals surface area contributed by atoms with Crippen LogP contribution in [0.15, 0.2) is 60.2 Å². The van der Waals surface area contributed by atoms with E-state index < -0.39 is 0 Å². The van der Waals surface area contributed by atoms with Gasteiger partial charge in [0.15, 0.2) is 0 Å². The zero-order valence-corrected chi connectivity index (χ0v) is 23.0. The summed E-state index contributed by atoms with van der Waals surface area (Å²) in [5.74, 6) is 3.21. The number of nitrogens with zero attached hydrogens (tertiary/aromatic N) is 3. The molecule has 208 valence electrons. The molecule has 5 aliphatic rings. The predicted octanol–water partition coefficient (Wildman–Crippen LogP) is 3.10. The number of pyridine rings is 1. The quantitative estimate of drug-likeness (QED) is 0.580. The molecule has 4 atom stereocenters. The van der Waals surface area contributed by atoms with Crippen LogP contribution >= 0.6 is 0 Å². The van der Waals surface area contributed by atoms with Gasteiger partial charge < -0.3 is 25.0 Å². The minimum absolute atomic E-state index is 0.0200. The molecular formula is C31H35N5O4. The van der Waals surface area contributed by atoms with Gasteiger partial charge in [-0.2, -0.15) is 0 Å². The third kappa shape index (κ3) is 4.57. The number of hydrogen-bond acceptors (Lipinski definition) is 7. The lowest BCUT2D eigenvalue weighted by Gasteiger charge is -2.32. The smallest absolute Gasteiger partial charge is 0.251 e. The van der Waals surface area contributed by atoms with Gasteiger partial charge in [0.1, 0.15) is 29.2 Å². The van der Waals surface area contributed by atoms with Crippen LogP contribution < -0.4 is 15.4 Å². The van der Waals surface area contributed by atoms with E-state index in [9.17, 15) is 9.59 Å². The van der Waals surface area contributed by atoms with E-state index in [-0.39, 0.29) is 35.3 Å². The van der Waals surface area contributed by atoms with Crippen LogP contribution in [0.5, 0.6) is 5.75 Å². The Balaban J connectivity index is 0.973. The maximum Gasteiger partial charge on any atom is 0.251 e. The third-order valence-electron chi connectivity index (χ3n) is 9.11. The average Bonchev–Trinajstić information content (AvgIpc) is 3.54. The predicted molar refractivity (Wildman–Crippen MR) is 150 cm³/mol. The van der Waals surface area contributed by atoms with Gasteiger partial charge in [0.05, 0.1) is 6.04 Å². The Hall–Kier alpha value is -3.69. The largest absolute Gasteiger partial charge is 0.492 e. The Morgan fingerprint density at radius 1 is 1.15 bits per heavy atom. The van der Waals surface area contributed by atoms with Crippen molar-refractivity contribution < 1.29 is 19.1 Å². The van der Waals surface area contributed by atoms with E-state index in [0.717, 1.165) is 55.6 Å². The molecule has 2 aromatic rings. The maximum atomic E-state index is 13.1. The lowest BCUT2D eigenvalue weighted by atomic mass is 9.77. The van der Waals surface area contributed by atoms with Crippen molar-refractivity contribution in [3.8, 4) is 5.75 Å². The molecule has 0 spiro atoms. The van der Waals surface area contributed by atoms with Gasteiger partial charge in [0.25, 0.3) is 5.91 Å². The number of fused-ring (bicyclic) bond motifs is 4. The van der Waals surface area contributed by atoms with Crippen molar-refractivity contribution >= 4 is 17.6 Å². The van der Waals surface area contributed by atoms with Gasteiger partial charge in [-0.25, -0.2) is 4.98 Å². The van der Waals surface area contributed by atoms with Gasteiger partial charge in [-0.05, 0) is 49.4 Å². The van der Waals surface area contributed by atoms with Crippen LogP contribution in [0.1, 0.15) is 41.3 Å². The van der Waals surface area contributed by atoms with E-state index in [2.05, 4.69) is 51.5 Å². The number of anilines is 1. The molecule has 4 unspecified atom stereocenters. The number of amides is 2. The Bertz CT molecular complexity index is 1410. The molecule has 2 aliphatic carbocycles.